The molecule has 0 unspecified atom stereocenters. The van der Waals surface area contributed by atoms with Gasteiger partial charge in [-0.1, -0.05) is 19.1 Å². The van der Waals surface area contributed by atoms with Gasteiger partial charge < -0.3 is 10.1 Å². The second kappa shape index (κ2) is 6.95. The minimum atomic E-state index is 0.633. The molecule has 0 saturated carbocycles. The quantitative estimate of drug-likeness (QED) is 0.829. The van der Waals surface area contributed by atoms with Crippen LogP contribution in [0.25, 0.3) is 0 Å². The van der Waals surface area contributed by atoms with Crippen LogP contribution in [0.5, 0.6) is 5.75 Å². The summed E-state index contributed by atoms with van der Waals surface area (Å²) in [5.74, 6) is 0.907. The topological polar surface area (TPSA) is 39.1 Å². The van der Waals surface area contributed by atoms with E-state index in [9.17, 15) is 0 Å². The van der Waals surface area contributed by atoms with E-state index in [1.165, 1.54) is 5.56 Å². The van der Waals surface area contributed by atoms with Gasteiger partial charge in [0.25, 0.3) is 0 Å². The molecule has 0 atom stereocenters. The van der Waals surface area contributed by atoms with E-state index >= 15 is 0 Å². The van der Waals surface area contributed by atoms with Gasteiger partial charge >= 0.3 is 0 Å². The Labute approximate surface area is 114 Å². The van der Waals surface area contributed by atoms with Gasteiger partial charge in [-0.15, -0.1) is 0 Å². The number of ether oxygens (including phenoxy) is 1. The van der Waals surface area contributed by atoms with Crippen molar-refractivity contribution in [2.45, 2.75) is 26.9 Å². The van der Waals surface area contributed by atoms with E-state index in [2.05, 4.69) is 29.5 Å². The summed E-state index contributed by atoms with van der Waals surface area (Å²) in [5.41, 5.74) is 2.31. The molecule has 102 valence electrons. The lowest BCUT2D eigenvalue weighted by molar-refractivity contribution is 0.291. The summed E-state index contributed by atoms with van der Waals surface area (Å²) in [6, 6.07) is 10.2. The van der Waals surface area contributed by atoms with Gasteiger partial charge in [0.1, 0.15) is 12.4 Å². The Morgan fingerprint density at radius 1 is 1.21 bits per heavy atom. The predicted molar refractivity (Wildman–Crippen MR) is 76.3 cm³/mol. The normalized spacial score (nSPS) is 10.6. The van der Waals surface area contributed by atoms with Crippen molar-refractivity contribution in [1.29, 1.82) is 0 Å². The fourth-order valence-corrected chi connectivity index (χ4v) is 1.82. The first-order valence-corrected chi connectivity index (χ1v) is 6.70. The highest BCUT2D eigenvalue weighted by Gasteiger charge is 1.97. The third-order valence-electron chi connectivity index (χ3n) is 2.87. The van der Waals surface area contributed by atoms with E-state index in [0.717, 1.165) is 31.1 Å². The van der Waals surface area contributed by atoms with Gasteiger partial charge in [0.05, 0.1) is 12.2 Å². The number of nitrogens with zero attached hydrogens (tertiary/aromatic N) is 2. The molecule has 19 heavy (non-hydrogen) atoms. The number of benzene rings is 1. The van der Waals surface area contributed by atoms with Crippen LogP contribution in [-0.4, -0.2) is 22.9 Å². The molecular formula is C15H21N3O. The molecule has 0 spiro atoms. The molecule has 2 aromatic rings. The fraction of sp³-hybridized carbons (Fsp3) is 0.400. The summed E-state index contributed by atoms with van der Waals surface area (Å²) in [5, 5.41) is 7.62. The molecule has 1 N–H and O–H groups in total. The van der Waals surface area contributed by atoms with Crippen molar-refractivity contribution < 1.29 is 4.74 Å². The molecule has 4 nitrogen and oxygen atoms in total. The highest BCUT2D eigenvalue weighted by atomic mass is 16.5. The molecule has 0 aliphatic rings. The molecular weight excluding hydrogens is 238 g/mol. The number of nitrogens with one attached hydrogen (secondary N) is 1. The first-order valence-electron chi connectivity index (χ1n) is 6.70. The Kier molecular flexibility index (Phi) is 4.98. The van der Waals surface area contributed by atoms with Crippen LogP contribution in [0, 0.1) is 6.92 Å². The maximum Gasteiger partial charge on any atom is 0.119 e. The van der Waals surface area contributed by atoms with Crippen LogP contribution >= 0.6 is 0 Å². The lowest BCUT2D eigenvalue weighted by Gasteiger charge is -2.07. The second-order valence-corrected chi connectivity index (χ2v) is 4.49. The third kappa shape index (κ3) is 4.41. The van der Waals surface area contributed by atoms with Crippen LogP contribution in [0.1, 0.15) is 18.2 Å². The highest BCUT2D eigenvalue weighted by molar-refractivity contribution is 5.27. The second-order valence-electron chi connectivity index (χ2n) is 4.49. The van der Waals surface area contributed by atoms with Crippen LogP contribution in [0.15, 0.2) is 36.5 Å². The average molecular weight is 259 g/mol. The molecule has 4 heteroatoms. The molecule has 1 aromatic heterocycles. The Hall–Kier alpha value is -1.81. The van der Waals surface area contributed by atoms with Gasteiger partial charge in [-0.25, -0.2) is 0 Å². The van der Waals surface area contributed by atoms with E-state index in [0.29, 0.717) is 6.61 Å². The van der Waals surface area contributed by atoms with Crippen LogP contribution in [0.2, 0.25) is 0 Å². The smallest absolute Gasteiger partial charge is 0.119 e. The van der Waals surface area contributed by atoms with Crippen molar-refractivity contribution >= 4 is 0 Å². The Morgan fingerprint density at radius 2 is 2.00 bits per heavy atom. The van der Waals surface area contributed by atoms with E-state index in [1.54, 1.807) is 0 Å². The summed E-state index contributed by atoms with van der Waals surface area (Å²) in [7, 11) is 0. The van der Waals surface area contributed by atoms with Crippen molar-refractivity contribution in [1.82, 2.24) is 15.1 Å². The Balaban J connectivity index is 1.76. The highest BCUT2D eigenvalue weighted by Crippen LogP contribution is 2.12. The van der Waals surface area contributed by atoms with Crippen LogP contribution in [-0.2, 0) is 13.1 Å². The Bertz CT molecular complexity index is 490. The molecule has 0 amide bonds. The molecule has 1 aromatic carbocycles. The summed E-state index contributed by atoms with van der Waals surface area (Å²) >= 11 is 0. The lowest BCUT2D eigenvalue weighted by Crippen LogP contribution is -2.11. The van der Waals surface area contributed by atoms with Crippen molar-refractivity contribution in [3.05, 3.63) is 47.8 Å². The van der Waals surface area contributed by atoms with Gasteiger partial charge in [-0.2, -0.15) is 5.10 Å². The van der Waals surface area contributed by atoms with Gasteiger partial charge in [0.15, 0.2) is 0 Å². The maximum atomic E-state index is 5.70. The average Bonchev–Trinajstić information content (AvgIpc) is 2.84. The minimum absolute atomic E-state index is 0.633. The Morgan fingerprint density at radius 3 is 2.63 bits per heavy atom. The first-order chi connectivity index (χ1) is 9.28. The summed E-state index contributed by atoms with van der Waals surface area (Å²) < 4.78 is 7.60. The van der Waals surface area contributed by atoms with Crippen molar-refractivity contribution in [3.8, 4) is 5.75 Å². The van der Waals surface area contributed by atoms with E-state index in [1.807, 2.05) is 36.0 Å². The molecule has 0 aliphatic heterocycles. The zero-order chi connectivity index (χ0) is 13.5. The van der Waals surface area contributed by atoms with Crippen molar-refractivity contribution in [2.75, 3.05) is 13.2 Å². The third-order valence-corrected chi connectivity index (χ3v) is 2.87. The number of rotatable bonds is 7. The first kappa shape index (κ1) is 13.6. The van der Waals surface area contributed by atoms with Crippen LogP contribution in [0.4, 0.5) is 0 Å². The largest absolute Gasteiger partial charge is 0.492 e. The fourth-order valence-electron chi connectivity index (χ4n) is 1.82. The SMILES string of the molecule is CCNCc1ccc(OCCn2ccc(C)n2)cc1. The minimum Gasteiger partial charge on any atom is -0.492 e. The standard InChI is InChI=1S/C15H21N3O/c1-3-16-12-14-4-6-15(7-5-14)19-11-10-18-9-8-13(2)17-18/h4-9,16H,3,10-12H2,1-2H3. The zero-order valence-electron chi connectivity index (χ0n) is 11.6. The number of hydrogen-bond donors (Lipinski definition) is 1. The number of aryl methyl sites for hydroxylation is 1. The van der Waals surface area contributed by atoms with Crippen LogP contribution < -0.4 is 10.1 Å². The summed E-state index contributed by atoms with van der Waals surface area (Å²) in [4.78, 5) is 0. The molecule has 1 heterocycles. The van der Waals surface area contributed by atoms with E-state index in [-0.39, 0.29) is 0 Å². The molecule has 0 aliphatic carbocycles. The molecule has 2 rings (SSSR count). The van der Waals surface area contributed by atoms with Gasteiger partial charge in [0, 0.05) is 12.7 Å². The maximum absolute atomic E-state index is 5.70. The summed E-state index contributed by atoms with van der Waals surface area (Å²) in [6.07, 6.45) is 1.97. The van der Waals surface area contributed by atoms with Gasteiger partial charge in [0.2, 0.25) is 0 Å². The molecule has 0 bridgehead atoms. The van der Waals surface area contributed by atoms with Gasteiger partial charge in [-0.05, 0) is 37.2 Å². The number of hydrogen-bond acceptors (Lipinski definition) is 3. The van der Waals surface area contributed by atoms with Crippen molar-refractivity contribution in [2.24, 2.45) is 0 Å². The summed E-state index contributed by atoms with van der Waals surface area (Å²) in [6.45, 7) is 7.39. The monoisotopic (exact) mass is 259 g/mol. The van der Waals surface area contributed by atoms with Crippen LogP contribution in [0.3, 0.4) is 0 Å². The lowest BCUT2D eigenvalue weighted by atomic mass is 10.2. The molecule has 0 fully saturated rings. The molecule has 0 radical (unpaired) electrons. The van der Waals surface area contributed by atoms with E-state index in [4.69, 9.17) is 4.74 Å². The molecule has 0 saturated heterocycles. The van der Waals surface area contributed by atoms with E-state index < -0.39 is 0 Å². The predicted octanol–water partition coefficient (Wildman–Crippen LogP) is 2.38. The zero-order valence-corrected chi connectivity index (χ0v) is 11.6. The number of aromatic nitrogens is 2. The van der Waals surface area contributed by atoms with Gasteiger partial charge in [-0.3, -0.25) is 4.68 Å². The van der Waals surface area contributed by atoms with Crippen molar-refractivity contribution in [3.63, 3.8) is 0 Å².